The monoisotopic (exact) mass is 224 g/mol. The zero-order valence-corrected chi connectivity index (χ0v) is 9.14. The van der Waals surface area contributed by atoms with Crippen LogP contribution in [-0.4, -0.2) is 26.7 Å². The zero-order valence-electron chi connectivity index (χ0n) is 8.33. The average Bonchev–Trinajstić information content (AvgIpc) is 2.21. The molecule has 0 fully saturated rings. The van der Waals surface area contributed by atoms with Crippen molar-refractivity contribution in [1.29, 1.82) is 0 Å². The Labute approximate surface area is 93.6 Å². The molecule has 15 heavy (non-hydrogen) atoms. The molecule has 0 aliphatic carbocycles. The third-order valence-electron chi connectivity index (χ3n) is 1.78. The van der Waals surface area contributed by atoms with Gasteiger partial charge in [-0.2, -0.15) is 0 Å². The highest BCUT2D eigenvalue weighted by Crippen LogP contribution is 2.14. The van der Waals surface area contributed by atoms with Crippen molar-refractivity contribution in [2.75, 3.05) is 12.9 Å². The minimum absolute atomic E-state index is 0.223. The van der Waals surface area contributed by atoms with E-state index in [1.54, 1.807) is 12.1 Å². The van der Waals surface area contributed by atoms with Gasteiger partial charge in [0.2, 0.25) is 0 Å². The third kappa shape index (κ3) is 3.95. The SMILES string of the molecule is [B]c1ccc(CSCC(=O)OC)c(F)c1. The quantitative estimate of drug-likeness (QED) is 0.564. The molecule has 0 bridgehead atoms. The van der Waals surface area contributed by atoms with Crippen LogP contribution in [0.4, 0.5) is 4.39 Å². The molecule has 0 N–H and O–H groups in total. The van der Waals surface area contributed by atoms with Gasteiger partial charge in [-0.05, 0) is 11.6 Å². The van der Waals surface area contributed by atoms with Crippen molar-refractivity contribution in [2.24, 2.45) is 0 Å². The van der Waals surface area contributed by atoms with Gasteiger partial charge >= 0.3 is 5.97 Å². The molecule has 2 radical (unpaired) electrons. The molecule has 0 heterocycles. The van der Waals surface area contributed by atoms with Gasteiger partial charge in [-0.1, -0.05) is 17.6 Å². The van der Waals surface area contributed by atoms with Gasteiger partial charge < -0.3 is 4.74 Å². The molecule has 2 nitrogen and oxygen atoms in total. The summed E-state index contributed by atoms with van der Waals surface area (Å²) in [6.07, 6.45) is 0. The average molecular weight is 224 g/mol. The summed E-state index contributed by atoms with van der Waals surface area (Å²) in [7, 11) is 6.73. The Morgan fingerprint density at radius 1 is 1.60 bits per heavy atom. The van der Waals surface area contributed by atoms with Crippen LogP contribution in [0.1, 0.15) is 5.56 Å². The van der Waals surface area contributed by atoms with Crippen molar-refractivity contribution in [3.8, 4) is 0 Å². The predicted molar refractivity (Wildman–Crippen MR) is 60.0 cm³/mol. The molecular weight excluding hydrogens is 214 g/mol. The topological polar surface area (TPSA) is 26.3 Å². The van der Waals surface area contributed by atoms with Crippen LogP contribution in [0.25, 0.3) is 0 Å². The number of hydrogen-bond donors (Lipinski definition) is 0. The van der Waals surface area contributed by atoms with Gasteiger partial charge in [0.25, 0.3) is 0 Å². The molecule has 0 aromatic heterocycles. The van der Waals surface area contributed by atoms with E-state index in [2.05, 4.69) is 4.74 Å². The highest BCUT2D eigenvalue weighted by atomic mass is 32.2. The summed E-state index contributed by atoms with van der Waals surface area (Å²) in [4.78, 5) is 10.8. The standard InChI is InChI=1S/C10H10BFO2S/c1-14-10(13)6-15-5-7-2-3-8(11)4-9(7)12/h2-4H,5-6H2,1H3. The molecule has 0 spiro atoms. The first kappa shape index (κ1) is 12.1. The molecule has 0 unspecified atom stereocenters. The van der Waals surface area contributed by atoms with Crippen molar-refractivity contribution in [3.63, 3.8) is 0 Å². The molecule has 1 aromatic rings. The molecule has 0 saturated heterocycles. The van der Waals surface area contributed by atoms with Crippen LogP contribution in [0.3, 0.4) is 0 Å². The van der Waals surface area contributed by atoms with Crippen LogP contribution < -0.4 is 5.46 Å². The van der Waals surface area contributed by atoms with Gasteiger partial charge in [-0.25, -0.2) is 4.39 Å². The zero-order chi connectivity index (χ0) is 11.3. The number of benzene rings is 1. The van der Waals surface area contributed by atoms with E-state index in [4.69, 9.17) is 7.85 Å². The Bertz CT molecular complexity index is 357. The summed E-state index contributed by atoms with van der Waals surface area (Å²) < 4.78 is 17.7. The van der Waals surface area contributed by atoms with Gasteiger partial charge in [0.15, 0.2) is 0 Å². The second-order valence-corrected chi connectivity index (χ2v) is 3.91. The van der Waals surface area contributed by atoms with E-state index in [1.807, 2.05) is 0 Å². The molecule has 5 heteroatoms. The lowest BCUT2D eigenvalue weighted by molar-refractivity contribution is -0.137. The Morgan fingerprint density at radius 3 is 2.93 bits per heavy atom. The van der Waals surface area contributed by atoms with Gasteiger partial charge in [0.05, 0.1) is 12.9 Å². The molecular formula is C10H10BFO2S. The second kappa shape index (κ2) is 5.80. The minimum Gasteiger partial charge on any atom is -0.468 e. The van der Waals surface area contributed by atoms with Crippen LogP contribution in [-0.2, 0) is 15.3 Å². The van der Waals surface area contributed by atoms with Crippen molar-refractivity contribution in [3.05, 3.63) is 29.6 Å². The lowest BCUT2D eigenvalue weighted by Crippen LogP contribution is -2.06. The van der Waals surface area contributed by atoms with E-state index < -0.39 is 0 Å². The van der Waals surface area contributed by atoms with E-state index in [0.29, 0.717) is 16.8 Å². The van der Waals surface area contributed by atoms with Gasteiger partial charge in [0, 0.05) is 5.75 Å². The summed E-state index contributed by atoms with van der Waals surface area (Å²) in [5.74, 6) is 0.00450. The van der Waals surface area contributed by atoms with E-state index in [0.717, 1.165) is 0 Å². The number of methoxy groups -OCH3 is 1. The lowest BCUT2D eigenvalue weighted by atomic mass is 9.95. The Hall–Kier alpha value is -0.965. The van der Waals surface area contributed by atoms with Crippen molar-refractivity contribution in [2.45, 2.75) is 5.75 Å². The Kier molecular flexibility index (Phi) is 4.68. The number of halogens is 1. The van der Waals surface area contributed by atoms with Crippen LogP contribution in [0, 0.1) is 5.82 Å². The van der Waals surface area contributed by atoms with Crippen LogP contribution in [0.2, 0.25) is 0 Å². The fourth-order valence-electron chi connectivity index (χ4n) is 0.984. The molecule has 0 aliphatic rings. The maximum absolute atomic E-state index is 13.2. The summed E-state index contributed by atoms with van der Waals surface area (Å²) in [6, 6.07) is 4.53. The first-order chi connectivity index (χ1) is 7.13. The fourth-order valence-corrected chi connectivity index (χ4v) is 1.82. The number of rotatable bonds is 4. The normalized spacial score (nSPS) is 10.0. The summed E-state index contributed by atoms with van der Waals surface area (Å²) >= 11 is 1.30. The molecule has 0 amide bonds. The highest BCUT2D eigenvalue weighted by Gasteiger charge is 2.04. The van der Waals surface area contributed by atoms with Gasteiger partial charge in [-0.15, -0.1) is 11.8 Å². The maximum atomic E-state index is 13.2. The van der Waals surface area contributed by atoms with Crippen molar-refractivity contribution < 1.29 is 13.9 Å². The van der Waals surface area contributed by atoms with Gasteiger partial charge in [0.1, 0.15) is 13.7 Å². The summed E-state index contributed by atoms with van der Waals surface area (Å²) in [5, 5.41) is 0. The Morgan fingerprint density at radius 2 is 2.33 bits per heavy atom. The number of hydrogen-bond acceptors (Lipinski definition) is 3. The molecule has 1 aromatic carbocycles. The molecule has 0 aliphatic heterocycles. The molecule has 0 atom stereocenters. The minimum atomic E-state index is -0.340. The first-order valence-corrected chi connectivity index (χ1v) is 5.47. The van der Waals surface area contributed by atoms with E-state index in [1.165, 1.54) is 24.9 Å². The molecule has 1 rings (SSSR count). The Balaban J connectivity index is 2.47. The van der Waals surface area contributed by atoms with Crippen LogP contribution in [0.15, 0.2) is 18.2 Å². The van der Waals surface area contributed by atoms with Crippen LogP contribution in [0.5, 0.6) is 0 Å². The van der Waals surface area contributed by atoms with E-state index in [-0.39, 0.29) is 17.5 Å². The van der Waals surface area contributed by atoms with E-state index >= 15 is 0 Å². The number of thioether (sulfide) groups is 1. The summed E-state index contributed by atoms with van der Waals surface area (Å²) in [6.45, 7) is 0. The smallest absolute Gasteiger partial charge is 0.315 e. The van der Waals surface area contributed by atoms with Crippen LogP contribution >= 0.6 is 11.8 Å². The largest absolute Gasteiger partial charge is 0.468 e. The predicted octanol–water partition coefficient (Wildman–Crippen LogP) is 1.03. The number of esters is 1. The summed E-state index contributed by atoms with van der Waals surface area (Å²) in [5.41, 5.74) is 0.937. The third-order valence-corrected chi connectivity index (χ3v) is 2.74. The fraction of sp³-hybridized carbons (Fsp3) is 0.300. The number of carbonyl (C=O) groups is 1. The van der Waals surface area contributed by atoms with Crippen molar-refractivity contribution in [1.82, 2.24) is 0 Å². The maximum Gasteiger partial charge on any atom is 0.315 e. The second-order valence-electron chi connectivity index (χ2n) is 2.92. The first-order valence-electron chi connectivity index (χ1n) is 4.32. The van der Waals surface area contributed by atoms with E-state index in [9.17, 15) is 9.18 Å². The van der Waals surface area contributed by atoms with Gasteiger partial charge in [-0.3, -0.25) is 4.79 Å². The lowest BCUT2D eigenvalue weighted by Gasteiger charge is -2.03. The molecule has 0 saturated carbocycles. The van der Waals surface area contributed by atoms with Crippen molar-refractivity contribution >= 4 is 31.0 Å². The number of carbonyl (C=O) groups excluding carboxylic acids is 1. The highest BCUT2D eigenvalue weighted by molar-refractivity contribution is 7.99. The number of ether oxygens (including phenoxy) is 1. The molecule has 78 valence electrons.